The van der Waals surface area contributed by atoms with Gasteiger partial charge in [0.1, 0.15) is 12.3 Å². The number of aromatic nitrogens is 2. The fourth-order valence-corrected chi connectivity index (χ4v) is 4.71. The summed E-state index contributed by atoms with van der Waals surface area (Å²) in [6, 6.07) is 2.38. The molecule has 1 aromatic rings. The second-order valence-electron chi connectivity index (χ2n) is 7.27. The van der Waals surface area contributed by atoms with Crippen LogP contribution in [0.1, 0.15) is 44.6 Å². The van der Waals surface area contributed by atoms with Gasteiger partial charge in [-0.25, -0.2) is 0 Å². The molecule has 2 bridgehead atoms. The smallest absolute Gasteiger partial charge is 0.256 e. The molecule has 3 aliphatic rings. The van der Waals surface area contributed by atoms with E-state index in [1.54, 1.807) is 0 Å². The summed E-state index contributed by atoms with van der Waals surface area (Å²) < 4.78 is 13.1. The van der Waals surface area contributed by atoms with Crippen LogP contribution in [0.3, 0.4) is 0 Å². The van der Waals surface area contributed by atoms with Crippen molar-refractivity contribution in [3.63, 3.8) is 0 Å². The number of fused-ring (bicyclic) bond motifs is 2. The number of rotatable bonds is 5. The van der Waals surface area contributed by atoms with Crippen molar-refractivity contribution in [2.45, 2.75) is 62.7 Å². The zero-order valence-electron chi connectivity index (χ0n) is 14.1. The second-order valence-corrected chi connectivity index (χ2v) is 7.27. The highest BCUT2D eigenvalue weighted by Gasteiger charge is 2.42. The van der Waals surface area contributed by atoms with Crippen molar-refractivity contribution >= 4 is 5.69 Å². The molecule has 1 unspecified atom stereocenters. The van der Waals surface area contributed by atoms with E-state index in [0.717, 1.165) is 26.1 Å². The van der Waals surface area contributed by atoms with Gasteiger partial charge in [-0.15, -0.1) is 5.10 Å². The molecule has 24 heavy (non-hydrogen) atoms. The molecular weight excluding hydrogens is 308 g/mol. The lowest BCUT2D eigenvalue weighted by atomic mass is 9.89. The Balaban J connectivity index is 1.36. The summed E-state index contributed by atoms with van der Waals surface area (Å²) in [6.07, 6.45) is 9.15. The standard InChI is InChI=1S/C17H28N4O3/c18-16-9-20(19-17(16)24-8-7-22)12-1-3-13(4-2-12)21-14-5-6-15(21)11-23-10-14/h9,12-15,22H,1-8,10-11,18H2/t12-,13-,14-,15?/m0/s1. The summed E-state index contributed by atoms with van der Waals surface area (Å²) in [4.78, 5) is 2.76. The fraction of sp³-hybridized carbons (Fsp3) is 0.824. The van der Waals surface area contributed by atoms with Crippen LogP contribution in [0.4, 0.5) is 5.69 Å². The van der Waals surface area contributed by atoms with Gasteiger partial charge in [-0.2, -0.15) is 0 Å². The highest BCUT2D eigenvalue weighted by Crippen LogP contribution is 2.38. The molecular formula is C17H28N4O3. The lowest BCUT2D eigenvalue weighted by molar-refractivity contribution is -0.0458. The Labute approximate surface area is 142 Å². The van der Waals surface area contributed by atoms with E-state index < -0.39 is 0 Å². The van der Waals surface area contributed by atoms with E-state index in [-0.39, 0.29) is 13.2 Å². The number of hydrogen-bond acceptors (Lipinski definition) is 6. The van der Waals surface area contributed by atoms with Crippen LogP contribution in [0, 0.1) is 0 Å². The van der Waals surface area contributed by atoms with Gasteiger partial charge in [-0.05, 0) is 38.5 Å². The van der Waals surface area contributed by atoms with Crippen molar-refractivity contribution < 1.29 is 14.6 Å². The first-order valence-corrected chi connectivity index (χ1v) is 9.19. The predicted molar refractivity (Wildman–Crippen MR) is 90.0 cm³/mol. The first kappa shape index (κ1) is 16.2. The van der Waals surface area contributed by atoms with Gasteiger partial charge in [0.25, 0.3) is 5.88 Å². The van der Waals surface area contributed by atoms with E-state index in [4.69, 9.17) is 20.3 Å². The van der Waals surface area contributed by atoms with Gasteiger partial charge in [0.05, 0.1) is 32.1 Å². The van der Waals surface area contributed by atoms with Gasteiger partial charge in [-0.1, -0.05) is 0 Å². The molecule has 2 saturated heterocycles. The quantitative estimate of drug-likeness (QED) is 0.840. The van der Waals surface area contributed by atoms with Crippen molar-refractivity contribution in [2.75, 3.05) is 32.2 Å². The van der Waals surface area contributed by atoms with Crippen molar-refractivity contribution in [3.8, 4) is 5.88 Å². The zero-order valence-corrected chi connectivity index (χ0v) is 14.1. The summed E-state index contributed by atoms with van der Waals surface area (Å²) in [6.45, 7) is 2.03. The third kappa shape index (κ3) is 3.00. The van der Waals surface area contributed by atoms with E-state index in [9.17, 15) is 0 Å². The maximum atomic E-state index is 8.86. The molecule has 3 N–H and O–H groups in total. The highest BCUT2D eigenvalue weighted by atomic mass is 16.5. The van der Waals surface area contributed by atoms with Crippen molar-refractivity contribution in [3.05, 3.63) is 6.20 Å². The van der Waals surface area contributed by atoms with Crippen LogP contribution in [0.5, 0.6) is 5.88 Å². The van der Waals surface area contributed by atoms with Crippen LogP contribution in [0.15, 0.2) is 6.20 Å². The molecule has 4 rings (SSSR count). The molecule has 0 aromatic carbocycles. The Kier molecular flexibility index (Phi) is 4.65. The van der Waals surface area contributed by atoms with Gasteiger partial charge >= 0.3 is 0 Å². The first-order chi connectivity index (χ1) is 11.8. The molecule has 2 aliphatic heterocycles. The maximum Gasteiger partial charge on any atom is 0.256 e. The van der Waals surface area contributed by atoms with Crippen LogP contribution in [0.25, 0.3) is 0 Å². The average molecular weight is 336 g/mol. The number of aliphatic hydroxyl groups is 1. The molecule has 2 atom stereocenters. The van der Waals surface area contributed by atoms with Crippen LogP contribution in [-0.2, 0) is 4.74 Å². The van der Waals surface area contributed by atoms with Gasteiger partial charge in [0.15, 0.2) is 0 Å². The average Bonchev–Trinajstić information content (AvgIpc) is 3.09. The summed E-state index contributed by atoms with van der Waals surface area (Å²) in [7, 11) is 0. The number of nitrogens with zero attached hydrogens (tertiary/aromatic N) is 3. The summed E-state index contributed by atoms with van der Waals surface area (Å²) in [5.74, 6) is 0.442. The molecule has 0 amide bonds. The normalized spacial score (nSPS) is 33.7. The first-order valence-electron chi connectivity index (χ1n) is 9.19. The van der Waals surface area contributed by atoms with E-state index >= 15 is 0 Å². The molecule has 3 heterocycles. The lowest BCUT2D eigenvalue weighted by Crippen LogP contribution is -2.52. The summed E-state index contributed by atoms with van der Waals surface area (Å²) in [5.41, 5.74) is 6.52. The second kappa shape index (κ2) is 6.90. The number of ether oxygens (including phenoxy) is 2. The van der Waals surface area contributed by atoms with Crippen LogP contribution >= 0.6 is 0 Å². The van der Waals surface area contributed by atoms with Gasteiger partial charge in [0.2, 0.25) is 0 Å². The van der Waals surface area contributed by atoms with Crippen molar-refractivity contribution in [2.24, 2.45) is 0 Å². The summed E-state index contributed by atoms with van der Waals surface area (Å²) >= 11 is 0. The zero-order chi connectivity index (χ0) is 16.5. The molecule has 0 radical (unpaired) electrons. The number of hydrogen-bond donors (Lipinski definition) is 2. The largest absolute Gasteiger partial charge is 0.473 e. The predicted octanol–water partition coefficient (Wildman–Crippen LogP) is 1.18. The minimum absolute atomic E-state index is 0.0285. The minimum atomic E-state index is -0.0285. The fourth-order valence-electron chi connectivity index (χ4n) is 4.71. The Morgan fingerprint density at radius 2 is 1.71 bits per heavy atom. The Hall–Kier alpha value is -1.31. The lowest BCUT2D eigenvalue weighted by Gasteiger charge is -2.43. The number of morpholine rings is 1. The third-order valence-electron chi connectivity index (χ3n) is 5.81. The van der Waals surface area contributed by atoms with Gasteiger partial charge in [0, 0.05) is 18.1 Å². The monoisotopic (exact) mass is 336 g/mol. The molecule has 1 aromatic heterocycles. The molecule has 134 valence electrons. The number of nitrogens with two attached hydrogens (primary N) is 1. The van der Waals surface area contributed by atoms with Gasteiger partial charge in [-0.3, -0.25) is 9.58 Å². The molecule has 1 saturated carbocycles. The maximum absolute atomic E-state index is 8.86. The Bertz CT molecular complexity index is 540. The highest BCUT2D eigenvalue weighted by molar-refractivity contribution is 5.46. The molecule has 7 nitrogen and oxygen atoms in total. The topological polar surface area (TPSA) is 85.8 Å². The molecule has 7 heteroatoms. The van der Waals surface area contributed by atoms with Crippen molar-refractivity contribution in [1.29, 1.82) is 0 Å². The molecule has 3 fully saturated rings. The van der Waals surface area contributed by atoms with E-state index in [1.807, 2.05) is 10.9 Å². The number of nitrogen functional groups attached to an aromatic ring is 1. The Morgan fingerprint density at radius 1 is 1.08 bits per heavy atom. The SMILES string of the molecule is Nc1cn([C@H]2CC[C@H](N3C4CC[C@H]3COC4)CC2)nc1OCCO. The van der Waals surface area contributed by atoms with Crippen molar-refractivity contribution in [1.82, 2.24) is 14.7 Å². The molecule has 1 aliphatic carbocycles. The van der Waals surface area contributed by atoms with Crippen LogP contribution < -0.4 is 10.5 Å². The van der Waals surface area contributed by atoms with E-state index in [1.165, 1.54) is 25.7 Å². The summed E-state index contributed by atoms with van der Waals surface area (Å²) in [5, 5.41) is 13.3. The van der Waals surface area contributed by atoms with Gasteiger partial charge < -0.3 is 20.3 Å². The Morgan fingerprint density at radius 3 is 2.38 bits per heavy atom. The van der Waals surface area contributed by atoms with Crippen LogP contribution in [0.2, 0.25) is 0 Å². The molecule has 0 spiro atoms. The minimum Gasteiger partial charge on any atom is -0.473 e. The third-order valence-corrected chi connectivity index (χ3v) is 5.81. The van der Waals surface area contributed by atoms with E-state index in [0.29, 0.717) is 35.7 Å². The number of anilines is 1. The van der Waals surface area contributed by atoms with Crippen LogP contribution in [-0.4, -0.2) is 64.3 Å². The van der Waals surface area contributed by atoms with E-state index in [2.05, 4.69) is 10.00 Å². The number of aliphatic hydroxyl groups excluding tert-OH is 1.